The van der Waals surface area contributed by atoms with E-state index in [1.54, 1.807) is 0 Å². The molecule has 1 aliphatic heterocycles. The largest absolute Gasteiger partial charge is 0.316 e. The Balaban J connectivity index is 0. The minimum absolute atomic E-state index is 0. The smallest absolute Gasteiger partial charge is 0.00176 e. The monoisotopic (exact) mass is 187 g/mol. The molecule has 13 heavy (non-hydrogen) atoms. The molecule has 1 rings (SSSR count). The van der Waals surface area contributed by atoms with Crippen molar-refractivity contribution in [1.29, 1.82) is 0 Å². The second kappa shape index (κ2) is 8.55. The van der Waals surface area contributed by atoms with E-state index in [1.165, 1.54) is 19.5 Å². The lowest BCUT2D eigenvalue weighted by molar-refractivity contribution is 0.419. The van der Waals surface area contributed by atoms with Crippen LogP contribution in [-0.4, -0.2) is 13.1 Å². The van der Waals surface area contributed by atoms with Crippen molar-refractivity contribution in [2.45, 2.75) is 48.5 Å². The second-order valence-electron chi connectivity index (χ2n) is 4.73. The van der Waals surface area contributed by atoms with Crippen LogP contribution in [0.1, 0.15) is 48.5 Å². The molecule has 1 unspecified atom stereocenters. The fraction of sp³-hybridized carbons (Fsp3) is 1.00. The normalized spacial score (nSPS) is 21.0. The molecular weight excluding hydrogens is 158 g/mol. The predicted octanol–water partition coefficient (Wildman–Crippen LogP) is 3.55. The molecule has 0 radical (unpaired) electrons. The first kappa shape index (κ1) is 15.4. The molecule has 0 spiro atoms. The first-order chi connectivity index (χ1) is 5.54. The molecule has 82 valence electrons. The number of rotatable bonds is 1. The number of hydrogen-bond acceptors (Lipinski definition) is 1. The Labute approximate surface area is 85.3 Å². The van der Waals surface area contributed by atoms with Crippen molar-refractivity contribution in [3.05, 3.63) is 0 Å². The van der Waals surface area contributed by atoms with E-state index in [9.17, 15) is 0 Å². The molecule has 0 saturated carbocycles. The van der Waals surface area contributed by atoms with Crippen molar-refractivity contribution in [3.8, 4) is 0 Å². The van der Waals surface area contributed by atoms with Gasteiger partial charge in [-0.05, 0) is 37.3 Å². The highest BCUT2D eigenvalue weighted by atomic mass is 14.9. The average molecular weight is 187 g/mol. The summed E-state index contributed by atoms with van der Waals surface area (Å²) in [6, 6.07) is 0. The van der Waals surface area contributed by atoms with Crippen molar-refractivity contribution < 1.29 is 0 Å². The van der Waals surface area contributed by atoms with E-state index in [-0.39, 0.29) is 7.43 Å². The van der Waals surface area contributed by atoms with Gasteiger partial charge in [0, 0.05) is 0 Å². The van der Waals surface area contributed by atoms with Gasteiger partial charge in [-0.3, -0.25) is 0 Å². The van der Waals surface area contributed by atoms with Crippen LogP contribution in [0.5, 0.6) is 0 Å². The quantitative estimate of drug-likeness (QED) is 0.662. The summed E-state index contributed by atoms with van der Waals surface area (Å²) in [5.41, 5.74) is 0. The van der Waals surface area contributed by atoms with Gasteiger partial charge in [0.15, 0.2) is 0 Å². The third-order valence-electron chi connectivity index (χ3n) is 2.04. The van der Waals surface area contributed by atoms with E-state index >= 15 is 0 Å². The van der Waals surface area contributed by atoms with Crippen molar-refractivity contribution in [2.75, 3.05) is 13.1 Å². The number of nitrogens with one attached hydrogen (secondary N) is 1. The van der Waals surface area contributed by atoms with Crippen molar-refractivity contribution in [2.24, 2.45) is 17.8 Å². The maximum atomic E-state index is 3.35. The van der Waals surface area contributed by atoms with Crippen LogP contribution < -0.4 is 5.32 Å². The maximum absolute atomic E-state index is 3.35. The molecular formula is C12H29N. The lowest BCUT2D eigenvalue weighted by Crippen LogP contribution is -2.12. The van der Waals surface area contributed by atoms with Crippen LogP contribution in [0, 0.1) is 17.8 Å². The van der Waals surface area contributed by atoms with Crippen molar-refractivity contribution in [1.82, 2.24) is 5.32 Å². The molecule has 0 aromatic rings. The predicted molar refractivity (Wildman–Crippen MR) is 63.1 cm³/mol. The third kappa shape index (κ3) is 9.88. The summed E-state index contributed by atoms with van der Waals surface area (Å²) in [4.78, 5) is 0. The molecule has 1 heterocycles. The van der Waals surface area contributed by atoms with Crippen LogP contribution in [0.3, 0.4) is 0 Å². The van der Waals surface area contributed by atoms with Gasteiger partial charge in [-0.25, -0.2) is 0 Å². The van der Waals surface area contributed by atoms with E-state index in [1.807, 2.05) is 0 Å². The van der Waals surface area contributed by atoms with E-state index in [4.69, 9.17) is 0 Å². The zero-order chi connectivity index (χ0) is 9.56. The van der Waals surface area contributed by atoms with Crippen LogP contribution >= 0.6 is 0 Å². The molecule has 1 aliphatic rings. The molecule has 0 bridgehead atoms. The highest BCUT2D eigenvalue weighted by molar-refractivity contribution is 4.72. The lowest BCUT2D eigenvalue weighted by Gasteiger charge is -2.10. The molecule has 0 aromatic heterocycles. The van der Waals surface area contributed by atoms with E-state index in [2.05, 4.69) is 39.9 Å². The molecule has 1 atom stereocenters. The van der Waals surface area contributed by atoms with Gasteiger partial charge in [0.1, 0.15) is 0 Å². The zero-order valence-electron chi connectivity index (χ0n) is 9.35. The van der Waals surface area contributed by atoms with E-state index in [0.29, 0.717) is 0 Å². The molecule has 0 aliphatic carbocycles. The standard InChI is InChI=1S/C7H15N.C4H10.CH4/c1-6(2)7-3-4-8-5-7;1-4(2)3;/h6-8H,3-5H2,1-2H3;4H,1-3H3;1H4. The summed E-state index contributed by atoms with van der Waals surface area (Å²) in [6.07, 6.45) is 1.39. The molecule has 1 nitrogen and oxygen atoms in total. The minimum atomic E-state index is 0. The summed E-state index contributed by atoms with van der Waals surface area (Å²) in [6.45, 7) is 13.6. The van der Waals surface area contributed by atoms with Gasteiger partial charge in [0.25, 0.3) is 0 Å². The fourth-order valence-corrected chi connectivity index (χ4v) is 1.25. The summed E-state index contributed by atoms with van der Waals surface area (Å²) in [5.74, 6) is 2.67. The summed E-state index contributed by atoms with van der Waals surface area (Å²) < 4.78 is 0. The Hall–Kier alpha value is -0.0400. The first-order valence-electron chi connectivity index (χ1n) is 5.24. The van der Waals surface area contributed by atoms with Gasteiger partial charge in [0.2, 0.25) is 0 Å². The van der Waals surface area contributed by atoms with Crippen molar-refractivity contribution in [3.63, 3.8) is 0 Å². The third-order valence-corrected chi connectivity index (χ3v) is 2.04. The molecule has 1 heteroatoms. The van der Waals surface area contributed by atoms with Crippen LogP contribution in [0.25, 0.3) is 0 Å². The molecule has 1 fully saturated rings. The Kier molecular flexibility index (Phi) is 10.2. The summed E-state index contributed by atoms with van der Waals surface area (Å²) in [7, 11) is 0. The average Bonchev–Trinajstić information content (AvgIpc) is 2.34. The van der Waals surface area contributed by atoms with Crippen LogP contribution in [0.2, 0.25) is 0 Å². The summed E-state index contributed by atoms with van der Waals surface area (Å²) in [5, 5.41) is 3.35. The van der Waals surface area contributed by atoms with Crippen LogP contribution in [0.4, 0.5) is 0 Å². The molecule has 0 aromatic carbocycles. The second-order valence-corrected chi connectivity index (χ2v) is 4.73. The topological polar surface area (TPSA) is 12.0 Å². The Morgan fingerprint density at radius 3 is 1.69 bits per heavy atom. The minimum Gasteiger partial charge on any atom is -0.316 e. The van der Waals surface area contributed by atoms with Crippen molar-refractivity contribution >= 4 is 0 Å². The molecule has 0 amide bonds. The molecule has 1 N–H and O–H groups in total. The molecule has 1 saturated heterocycles. The highest BCUT2D eigenvalue weighted by Crippen LogP contribution is 2.16. The Morgan fingerprint density at radius 1 is 1.08 bits per heavy atom. The van der Waals surface area contributed by atoms with Gasteiger partial charge in [-0.2, -0.15) is 0 Å². The summed E-state index contributed by atoms with van der Waals surface area (Å²) >= 11 is 0. The Bertz CT molecular complexity index is 88.5. The van der Waals surface area contributed by atoms with Gasteiger partial charge in [-0.1, -0.05) is 42.0 Å². The van der Waals surface area contributed by atoms with Crippen LogP contribution in [-0.2, 0) is 0 Å². The number of hydrogen-bond donors (Lipinski definition) is 1. The van der Waals surface area contributed by atoms with E-state index < -0.39 is 0 Å². The van der Waals surface area contributed by atoms with Crippen LogP contribution in [0.15, 0.2) is 0 Å². The maximum Gasteiger partial charge on any atom is -0.00176 e. The SMILES string of the molecule is C.CC(C)C.CC(C)C1CCNC1. The van der Waals surface area contributed by atoms with Gasteiger partial charge < -0.3 is 5.32 Å². The fourth-order valence-electron chi connectivity index (χ4n) is 1.25. The highest BCUT2D eigenvalue weighted by Gasteiger charge is 2.16. The van der Waals surface area contributed by atoms with Gasteiger partial charge >= 0.3 is 0 Å². The Morgan fingerprint density at radius 2 is 1.54 bits per heavy atom. The van der Waals surface area contributed by atoms with Gasteiger partial charge in [-0.15, -0.1) is 0 Å². The van der Waals surface area contributed by atoms with Gasteiger partial charge in [0.05, 0.1) is 0 Å². The van der Waals surface area contributed by atoms with E-state index in [0.717, 1.165) is 17.8 Å². The first-order valence-corrected chi connectivity index (χ1v) is 5.24. The zero-order valence-corrected chi connectivity index (χ0v) is 9.35. The lowest BCUT2D eigenvalue weighted by atomic mass is 9.96.